The number of nitrogens with one attached hydrogen (secondary N) is 1. The molecule has 1 aliphatic heterocycles. The predicted octanol–water partition coefficient (Wildman–Crippen LogP) is 3.79. The van der Waals surface area contributed by atoms with E-state index in [-0.39, 0.29) is 24.2 Å². The van der Waals surface area contributed by atoms with Crippen LogP contribution in [0.3, 0.4) is 0 Å². The van der Waals surface area contributed by atoms with Gasteiger partial charge in [0.05, 0.1) is 13.7 Å². The maximum Gasteiger partial charge on any atom is 0.325 e. The molecule has 0 saturated carbocycles. The molecule has 1 N–H and O–H groups in total. The molecule has 168 valence electrons. The lowest BCUT2D eigenvalue weighted by atomic mass is 9.84. The number of urea groups is 1. The molecule has 3 aromatic carbocycles. The van der Waals surface area contributed by atoms with Gasteiger partial charge in [-0.1, -0.05) is 60.7 Å². The Morgan fingerprint density at radius 3 is 2.03 bits per heavy atom. The molecule has 0 aliphatic carbocycles. The van der Waals surface area contributed by atoms with E-state index in [9.17, 15) is 18.8 Å². The first-order valence-corrected chi connectivity index (χ1v) is 10.5. The molecule has 3 amide bonds. The van der Waals surface area contributed by atoms with E-state index >= 15 is 0 Å². The van der Waals surface area contributed by atoms with Gasteiger partial charge in [-0.3, -0.25) is 14.5 Å². The van der Waals surface area contributed by atoms with Gasteiger partial charge in [0.15, 0.2) is 17.3 Å². The van der Waals surface area contributed by atoms with Crippen LogP contribution in [-0.4, -0.2) is 41.8 Å². The molecule has 3 aromatic rings. The molecule has 1 fully saturated rings. The second kappa shape index (κ2) is 9.24. The quantitative estimate of drug-likeness (QED) is 0.422. The van der Waals surface area contributed by atoms with Gasteiger partial charge in [0.2, 0.25) is 0 Å². The number of carbonyl (C=O) groups is 3. The van der Waals surface area contributed by atoms with E-state index in [0.29, 0.717) is 0 Å². The van der Waals surface area contributed by atoms with Gasteiger partial charge in [0, 0.05) is 18.4 Å². The van der Waals surface area contributed by atoms with Crippen molar-refractivity contribution in [2.75, 3.05) is 13.7 Å². The topological polar surface area (TPSA) is 75.7 Å². The van der Waals surface area contributed by atoms with Crippen LogP contribution in [0.15, 0.2) is 78.9 Å². The number of nitrogens with zero attached hydrogens (tertiary/aromatic N) is 1. The molecule has 0 radical (unpaired) electrons. The normalized spacial score (nSPS) is 14.8. The van der Waals surface area contributed by atoms with E-state index in [1.54, 1.807) is 0 Å². The molecule has 4 rings (SSSR count). The van der Waals surface area contributed by atoms with Crippen molar-refractivity contribution in [3.63, 3.8) is 0 Å². The minimum atomic E-state index is -1.23. The maximum atomic E-state index is 14.0. The SMILES string of the molecule is COc1ccc(C(=O)CN2C(=O)NC(Cc3ccccc3)(Cc3ccccc3)C2=O)cc1F. The van der Waals surface area contributed by atoms with Gasteiger partial charge in [0.1, 0.15) is 5.54 Å². The van der Waals surface area contributed by atoms with E-state index in [1.165, 1.54) is 19.2 Å². The van der Waals surface area contributed by atoms with Crippen molar-refractivity contribution in [3.8, 4) is 5.75 Å². The van der Waals surface area contributed by atoms with Crippen LogP contribution in [0.5, 0.6) is 5.75 Å². The van der Waals surface area contributed by atoms with Crippen molar-refractivity contribution in [2.45, 2.75) is 18.4 Å². The number of rotatable bonds is 8. The van der Waals surface area contributed by atoms with Gasteiger partial charge in [-0.15, -0.1) is 0 Å². The van der Waals surface area contributed by atoms with Gasteiger partial charge in [0.25, 0.3) is 5.91 Å². The van der Waals surface area contributed by atoms with Crippen LogP contribution >= 0.6 is 0 Å². The van der Waals surface area contributed by atoms with Crippen LogP contribution in [0.25, 0.3) is 0 Å². The van der Waals surface area contributed by atoms with Crippen molar-refractivity contribution in [1.29, 1.82) is 0 Å². The predicted molar refractivity (Wildman–Crippen MR) is 121 cm³/mol. The summed E-state index contributed by atoms with van der Waals surface area (Å²) in [5, 5.41) is 2.84. The highest BCUT2D eigenvalue weighted by Gasteiger charge is 2.51. The molecule has 0 bridgehead atoms. The number of amides is 3. The van der Waals surface area contributed by atoms with Gasteiger partial charge in [-0.25, -0.2) is 9.18 Å². The van der Waals surface area contributed by atoms with Gasteiger partial charge in [-0.05, 0) is 29.3 Å². The average molecular weight is 446 g/mol. The Morgan fingerprint density at radius 2 is 1.52 bits per heavy atom. The number of hydrogen-bond acceptors (Lipinski definition) is 4. The molecule has 1 aliphatic rings. The summed E-state index contributed by atoms with van der Waals surface area (Å²) in [6.07, 6.45) is 0.546. The molecule has 0 aromatic heterocycles. The molecule has 1 heterocycles. The Morgan fingerprint density at radius 1 is 0.939 bits per heavy atom. The minimum Gasteiger partial charge on any atom is -0.494 e. The minimum absolute atomic E-state index is 0.00582. The molecular formula is C26H23FN2O4. The third kappa shape index (κ3) is 4.62. The molecule has 6 nitrogen and oxygen atoms in total. The first-order chi connectivity index (χ1) is 15.9. The number of hydrogen-bond donors (Lipinski definition) is 1. The fraction of sp³-hybridized carbons (Fsp3) is 0.192. The zero-order valence-corrected chi connectivity index (χ0v) is 18.1. The fourth-order valence-corrected chi connectivity index (χ4v) is 4.09. The average Bonchev–Trinajstić information content (AvgIpc) is 3.04. The van der Waals surface area contributed by atoms with Crippen molar-refractivity contribution in [2.24, 2.45) is 0 Å². The third-order valence-corrected chi connectivity index (χ3v) is 5.72. The highest BCUT2D eigenvalue weighted by Crippen LogP contribution is 2.28. The second-order valence-electron chi connectivity index (χ2n) is 8.00. The summed E-state index contributed by atoms with van der Waals surface area (Å²) in [4.78, 5) is 40.1. The first kappa shape index (κ1) is 22.2. The van der Waals surface area contributed by atoms with E-state index in [2.05, 4.69) is 5.32 Å². The summed E-state index contributed by atoms with van der Waals surface area (Å²) in [5.41, 5.74) is 0.586. The number of methoxy groups -OCH3 is 1. The largest absolute Gasteiger partial charge is 0.494 e. The van der Waals surface area contributed by atoms with Gasteiger partial charge in [-0.2, -0.15) is 0 Å². The van der Waals surface area contributed by atoms with Gasteiger partial charge >= 0.3 is 6.03 Å². The van der Waals surface area contributed by atoms with Crippen LogP contribution in [0, 0.1) is 5.82 Å². The Kier molecular flexibility index (Phi) is 6.22. The number of Topliss-reactive ketones (excluding diaryl/α,β-unsaturated/α-hetero) is 1. The Labute approximate surface area is 191 Å². The summed E-state index contributed by atoms with van der Waals surface area (Å²) in [5.74, 6) is -1.72. The van der Waals surface area contributed by atoms with E-state index in [1.807, 2.05) is 60.7 Å². The highest BCUT2D eigenvalue weighted by molar-refractivity contribution is 6.11. The lowest BCUT2D eigenvalue weighted by Crippen LogP contribution is -2.51. The van der Waals surface area contributed by atoms with Crippen LogP contribution in [0.2, 0.25) is 0 Å². The lowest BCUT2D eigenvalue weighted by molar-refractivity contribution is -0.131. The zero-order chi connectivity index (χ0) is 23.4. The van der Waals surface area contributed by atoms with E-state index in [0.717, 1.165) is 22.1 Å². The Balaban J connectivity index is 1.61. The first-order valence-electron chi connectivity index (χ1n) is 10.5. The Bertz CT molecular complexity index is 1140. The summed E-state index contributed by atoms with van der Waals surface area (Å²) < 4.78 is 18.9. The summed E-state index contributed by atoms with van der Waals surface area (Å²) in [6, 6.07) is 21.9. The number of ketones is 1. The highest BCUT2D eigenvalue weighted by atomic mass is 19.1. The maximum absolute atomic E-state index is 14.0. The van der Waals surface area contributed by atoms with Crippen LogP contribution in [0.1, 0.15) is 21.5 Å². The molecule has 1 saturated heterocycles. The monoisotopic (exact) mass is 446 g/mol. The smallest absolute Gasteiger partial charge is 0.325 e. The van der Waals surface area contributed by atoms with E-state index in [4.69, 9.17) is 4.74 Å². The molecule has 0 unspecified atom stereocenters. The van der Waals surface area contributed by atoms with Crippen LogP contribution in [-0.2, 0) is 17.6 Å². The number of halogens is 1. The molecule has 0 atom stereocenters. The van der Waals surface area contributed by atoms with Crippen molar-refractivity contribution in [3.05, 3.63) is 101 Å². The van der Waals surface area contributed by atoms with Crippen LogP contribution < -0.4 is 10.1 Å². The van der Waals surface area contributed by atoms with E-state index < -0.39 is 35.6 Å². The standard InChI is InChI=1S/C26H23FN2O4/c1-33-23-13-12-20(14-21(23)27)22(30)17-29-24(31)26(28-25(29)32,15-18-8-4-2-5-9-18)16-19-10-6-3-7-11-19/h2-14H,15-17H2,1H3,(H,28,32). The van der Waals surface area contributed by atoms with Gasteiger partial charge < -0.3 is 10.1 Å². The fourth-order valence-electron chi connectivity index (χ4n) is 4.09. The molecular weight excluding hydrogens is 423 g/mol. The van der Waals surface area contributed by atoms with Crippen molar-refractivity contribution >= 4 is 17.7 Å². The number of ether oxygens (including phenoxy) is 1. The van der Waals surface area contributed by atoms with Crippen molar-refractivity contribution < 1.29 is 23.5 Å². The number of benzene rings is 3. The number of carbonyl (C=O) groups excluding carboxylic acids is 3. The molecule has 7 heteroatoms. The molecule has 33 heavy (non-hydrogen) atoms. The Hall–Kier alpha value is -4.00. The van der Waals surface area contributed by atoms with Crippen molar-refractivity contribution in [1.82, 2.24) is 10.2 Å². The number of imide groups is 1. The summed E-state index contributed by atoms with van der Waals surface area (Å²) in [6.45, 7) is -0.484. The zero-order valence-electron chi connectivity index (χ0n) is 18.1. The summed E-state index contributed by atoms with van der Waals surface area (Å²) >= 11 is 0. The third-order valence-electron chi connectivity index (χ3n) is 5.72. The molecule has 0 spiro atoms. The second-order valence-corrected chi connectivity index (χ2v) is 8.00. The lowest BCUT2D eigenvalue weighted by Gasteiger charge is -2.27. The summed E-state index contributed by atoms with van der Waals surface area (Å²) in [7, 11) is 1.33. The van der Waals surface area contributed by atoms with Crippen LogP contribution in [0.4, 0.5) is 9.18 Å².